The van der Waals surface area contributed by atoms with Crippen LogP contribution in [0.25, 0.3) is 0 Å². The average molecular weight is 253 g/mol. The van der Waals surface area contributed by atoms with Crippen LogP contribution in [0.1, 0.15) is 5.56 Å². The predicted octanol–water partition coefficient (Wildman–Crippen LogP) is 3.26. The number of hydrogen-bond donors (Lipinski definition) is 2. The van der Waals surface area contributed by atoms with Crippen molar-refractivity contribution in [2.24, 2.45) is 0 Å². The number of hydrogen-bond acceptors (Lipinski definition) is 2. The zero-order valence-corrected chi connectivity index (χ0v) is 11.0. The van der Waals surface area contributed by atoms with Gasteiger partial charge in [-0.3, -0.25) is 0 Å². The highest BCUT2D eigenvalue weighted by Gasteiger charge is 1.82. The molecule has 0 fully saturated rings. The van der Waals surface area contributed by atoms with Gasteiger partial charge in [-0.15, -0.1) is 31.4 Å². The van der Waals surface area contributed by atoms with E-state index in [-0.39, 0.29) is 31.0 Å². The van der Waals surface area contributed by atoms with Crippen molar-refractivity contribution in [2.45, 2.75) is 6.42 Å². The first-order valence-corrected chi connectivity index (χ1v) is 4.08. The van der Waals surface area contributed by atoms with Crippen LogP contribution in [-0.4, -0.2) is 14.1 Å². The fourth-order valence-electron chi connectivity index (χ4n) is 0.781. The number of nitrogens with one attached hydrogen (secondary N) is 1. The largest absolute Gasteiger partial charge is 0.344 e. The number of allylic oxidation sites excluding steroid dienone is 1. The predicted molar refractivity (Wildman–Crippen MR) is 74.8 cm³/mol. The Bertz CT molecular complexity index is 203. The summed E-state index contributed by atoms with van der Waals surface area (Å²) >= 11 is 0. The summed E-state index contributed by atoms with van der Waals surface area (Å²) in [7, 11) is 3.75. The zero-order chi connectivity index (χ0) is 9.23. The second-order valence-electron chi connectivity index (χ2n) is 2.48. The number of halogens is 2. The Labute approximate surface area is 106 Å². The van der Waals surface area contributed by atoms with Crippen molar-refractivity contribution in [3.63, 3.8) is 0 Å². The average Bonchev–Trinajstić information content (AvgIpc) is 2.08. The molecular formula is C11H22Cl2N2. The standard InChI is InChI=1S/C9H10.C2H7N.2ClH.H3N/c1-2-6-9-7-4-3-5-8-9;1-3-2;;;/h2-5,7-8H,1,6H2;3H,1-2H3;2*1H;1H3. The van der Waals surface area contributed by atoms with Crippen LogP contribution < -0.4 is 11.5 Å². The maximum Gasteiger partial charge on any atom is -0.0100 e. The van der Waals surface area contributed by atoms with Crippen LogP contribution in [-0.2, 0) is 6.42 Å². The second kappa shape index (κ2) is 19.1. The third-order valence-corrected chi connectivity index (χ3v) is 1.22. The topological polar surface area (TPSA) is 47.0 Å². The Balaban J connectivity index is -0.0000000917. The Morgan fingerprint density at radius 3 is 1.87 bits per heavy atom. The van der Waals surface area contributed by atoms with Gasteiger partial charge in [-0.2, -0.15) is 0 Å². The second-order valence-corrected chi connectivity index (χ2v) is 2.48. The molecule has 1 aromatic carbocycles. The first kappa shape index (κ1) is 23.9. The molecule has 0 heterocycles. The summed E-state index contributed by atoms with van der Waals surface area (Å²) in [4.78, 5) is 0. The molecule has 0 saturated carbocycles. The Hall–Kier alpha value is -0.540. The van der Waals surface area contributed by atoms with Crippen molar-refractivity contribution in [2.75, 3.05) is 14.1 Å². The smallest absolute Gasteiger partial charge is 0.0100 e. The molecule has 0 aliphatic rings. The van der Waals surface area contributed by atoms with Gasteiger partial charge in [0.15, 0.2) is 0 Å². The van der Waals surface area contributed by atoms with Crippen molar-refractivity contribution in [1.82, 2.24) is 11.5 Å². The van der Waals surface area contributed by atoms with Gasteiger partial charge in [0, 0.05) is 0 Å². The molecule has 0 saturated heterocycles. The third-order valence-electron chi connectivity index (χ3n) is 1.22. The normalized spacial score (nSPS) is 6.53. The molecule has 90 valence electrons. The summed E-state index contributed by atoms with van der Waals surface area (Å²) in [6, 6.07) is 10.3. The summed E-state index contributed by atoms with van der Waals surface area (Å²) < 4.78 is 0. The van der Waals surface area contributed by atoms with Crippen LogP contribution in [0, 0.1) is 0 Å². The molecule has 1 aromatic rings. The Kier molecular flexibility index (Phi) is 30.5. The maximum absolute atomic E-state index is 3.66. The maximum atomic E-state index is 3.66. The molecule has 2 nitrogen and oxygen atoms in total. The summed E-state index contributed by atoms with van der Waals surface area (Å²) in [5.74, 6) is 0. The van der Waals surface area contributed by atoms with E-state index in [1.807, 2.05) is 38.4 Å². The number of benzene rings is 1. The summed E-state index contributed by atoms with van der Waals surface area (Å²) in [5, 5.41) is 2.75. The van der Waals surface area contributed by atoms with Gasteiger partial charge in [0.25, 0.3) is 0 Å². The molecule has 0 radical (unpaired) electrons. The quantitative estimate of drug-likeness (QED) is 0.795. The lowest BCUT2D eigenvalue weighted by Crippen LogP contribution is -1.89. The molecule has 0 aromatic heterocycles. The van der Waals surface area contributed by atoms with E-state index in [1.165, 1.54) is 5.56 Å². The minimum atomic E-state index is 0. The Morgan fingerprint density at radius 1 is 1.13 bits per heavy atom. The monoisotopic (exact) mass is 252 g/mol. The molecule has 4 heteroatoms. The summed E-state index contributed by atoms with van der Waals surface area (Å²) in [5.41, 5.74) is 1.33. The molecule has 0 atom stereocenters. The fourth-order valence-corrected chi connectivity index (χ4v) is 0.781. The van der Waals surface area contributed by atoms with E-state index >= 15 is 0 Å². The van der Waals surface area contributed by atoms with Crippen LogP contribution in [0.4, 0.5) is 0 Å². The van der Waals surface area contributed by atoms with E-state index in [4.69, 9.17) is 0 Å². The highest BCUT2D eigenvalue weighted by atomic mass is 35.5. The number of rotatable bonds is 2. The van der Waals surface area contributed by atoms with Crippen molar-refractivity contribution < 1.29 is 0 Å². The van der Waals surface area contributed by atoms with Crippen LogP contribution in [0.15, 0.2) is 43.0 Å². The van der Waals surface area contributed by atoms with Gasteiger partial charge in [-0.05, 0) is 26.1 Å². The van der Waals surface area contributed by atoms with E-state index in [0.717, 1.165) is 6.42 Å². The molecule has 0 amide bonds. The van der Waals surface area contributed by atoms with Gasteiger partial charge < -0.3 is 11.5 Å². The minimum absolute atomic E-state index is 0. The van der Waals surface area contributed by atoms with Crippen molar-refractivity contribution in [1.29, 1.82) is 0 Å². The highest BCUT2D eigenvalue weighted by Crippen LogP contribution is 1.98. The van der Waals surface area contributed by atoms with E-state index in [0.29, 0.717) is 0 Å². The molecule has 0 spiro atoms. The van der Waals surface area contributed by atoms with E-state index in [1.54, 1.807) is 0 Å². The SMILES string of the molecule is C=CCc1ccccc1.CNC.Cl.Cl.N. The van der Waals surface area contributed by atoms with Gasteiger partial charge in [-0.1, -0.05) is 36.4 Å². The molecule has 0 unspecified atom stereocenters. The first-order valence-electron chi connectivity index (χ1n) is 4.08. The van der Waals surface area contributed by atoms with Gasteiger partial charge in [0.2, 0.25) is 0 Å². The molecule has 0 aliphatic carbocycles. The van der Waals surface area contributed by atoms with Crippen LogP contribution in [0.2, 0.25) is 0 Å². The van der Waals surface area contributed by atoms with E-state index in [2.05, 4.69) is 24.0 Å². The highest BCUT2D eigenvalue weighted by molar-refractivity contribution is 5.85. The molecule has 0 bridgehead atoms. The van der Waals surface area contributed by atoms with Crippen molar-refractivity contribution in [3.8, 4) is 0 Å². The zero-order valence-electron chi connectivity index (χ0n) is 9.40. The molecule has 1 rings (SSSR count). The Morgan fingerprint density at radius 2 is 1.53 bits per heavy atom. The fraction of sp³-hybridized carbons (Fsp3) is 0.273. The summed E-state index contributed by atoms with van der Waals surface area (Å²) in [6.07, 6.45) is 2.89. The van der Waals surface area contributed by atoms with Gasteiger partial charge in [0.1, 0.15) is 0 Å². The van der Waals surface area contributed by atoms with E-state index < -0.39 is 0 Å². The van der Waals surface area contributed by atoms with Crippen molar-refractivity contribution >= 4 is 24.8 Å². The van der Waals surface area contributed by atoms with Crippen molar-refractivity contribution in [3.05, 3.63) is 48.6 Å². The van der Waals surface area contributed by atoms with Crippen LogP contribution in [0.3, 0.4) is 0 Å². The lowest BCUT2D eigenvalue weighted by Gasteiger charge is -1.91. The lowest BCUT2D eigenvalue weighted by atomic mass is 10.2. The lowest BCUT2D eigenvalue weighted by molar-refractivity contribution is 1.02. The third kappa shape index (κ3) is 16.2. The minimum Gasteiger partial charge on any atom is -0.344 e. The van der Waals surface area contributed by atoms with Crippen LogP contribution >= 0.6 is 24.8 Å². The molecule has 15 heavy (non-hydrogen) atoms. The van der Waals surface area contributed by atoms with Gasteiger partial charge >= 0.3 is 0 Å². The van der Waals surface area contributed by atoms with Gasteiger partial charge in [0.05, 0.1) is 0 Å². The molecule has 0 aliphatic heterocycles. The van der Waals surface area contributed by atoms with Crippen LogP contribution in [0.5, 0.6) is 0 Å². The molecular weight excluding hydrogens is 231 g/mol. The summed E-state index contributed by atoms with van der Waals surface area (Å²) in [6.45, 7) is 3.66. The first-order chi connectivity index (χ1) is 5.85. The van der Waals surface area contributed by atoms with Gasteiger partial charge in [-0.25, -0.2) is 0 Å². The molecule has 4 N–H and O–H groups in total. The van der Waals surface area contributed by atoms with E-state index in [9.17, 15) is 0 Å².